The summed E-state index contributed by atoms with van der Waals surface area (Å²) in [6, 6.07) is 1.65. The van der Waals surface area contributed by atoms with Crippen molar-refractivity contribution in [2.24, 2.45) is 5.18 Å². The van der Waals surface area contributed by atoms with Crippen LogP contribution >= 0.6 is 0 Å². The number of carbonyl (C=O) groups is 1. The summed E-state index contributed by atoms with van der Waals surface area (Å²) in [5, 5.41) is 2.08. The number of carbonyl (C=O) groups excluding carboxylic acids is 1. The third-order valence-corrected chi connectivity index (χ3v) is 0.169. The lowest BCUT2D eigenvalue weighted by molar-refractivity contribution is -0.103. The van der Waals surface area contributed by atoms with Crippen LogP contribution in [0.15, 0.2) is 5.18 Å². The molecule has 0 rings (SSSR count). The van der Waals surface area contributed by atoms with Gasteiger partial charge in [0.25, 0.3) is 0 Å². The van der Waals surface area contributed by atoms with Gasteiger partial charge in [-0.1, -0.05) is 0 Å². The Morgan fingerprint density at radius 1 is 1.67 bits per heavy atom. The molecule has 0 heterocycles. The van der Waals surface area contributed by atoms with E-state index in [1.165, 1.54) is 0 Å². The number of hydrogen-bond acceptors (Lipinski definition) is 3. The van der Waals surface area contributed by atoms with Crippen molar-refractivity contribution < 1.29 is 4.79 Å². The molecule has 0 radical (unpaired) electrons. The average molecular weight is 83.0 g/mol. The van der Waals surface area contributed by atoms with Crippen molar-refractivity contribution in [3.63, 3.8) is 0 Å². The van der Waals surface area contributed by atoms with E-state index in [0.717, 1.165) is 0 Å². The van der Waals surface area contributed by atoms with Crippen LogP contribution in [0.3, 0.4) is 0 Å². The molecule has 0 fully saturated rings. The fourth-order valence-electron chi connectivity index (χ4n) is 0.0527. The van der Waals surface area contributed by atoms with Crippen molar-refractivity contribution in [3.05, 3.63) is 4.91 Å². The monoisotopic (exact) mass is 83.0 g/mol. The van der Waals surface area contributed by atoms with Crippen LogP contribution in [-0.2, 0) is 4.79 Å². The van der Waals surface area contributed by atoms with Gasteiger partial charge >= 0.3 is 0 Å². The van der Waals surface area contributed by atoms with E-state index in [1.807, 2.05) is 0 Å². The first-order valence-corrected chi connectivity index (χ1v) is 1.18. The normalized spacial score (nSPS) is 4.67. The van der Waals surface area contributed by atoms with Crippen LogP contribution in [0.25, 0.3) is 0 Å². The predicted molar refractivity (Wildman–Crippen MR) is 19.6 cm³/mol. The van der Waals surface area contributed by atoms with Gasteiger partial charge in [-0.3, -0.25) is 4.79 Å². The van der Waals surface area contributed by atoms with Crippen molar-refractivity contribution in [1.29, 1.82) is 0 Å². The lowest BCUT2D eigenvalue weighted by Crippen LogP contribution is -1.53. The van der Waals surface area contributed by atoms with Crippen LogP contribution in [0.2, 0.25) is 0 Å². The molecular formula is C3HNO2. The summed E-state index contributed by atoms with van der Waals surface area (Å²) in [5.74, 6) is 1.79. The van der Waals surface area contributed by atoms with Gasteiger partial charge in [-0.15, -0.1) is 4.91 Å². The Morgan fingerprint density at radius 2 is 2.33 bits per heavy atom. The summed E-state index contributed by atoms with van der Waals surface area (Å²) in [6.45, 7) is 0. The van der Waals surface area contributed by atoms with Gasteiger partial charge < -0.3 is 0 Å². The molecule has 3 nitrogen and oxygen atoms in total. The fraction of sp³-hybridized carbons (Fsp3) is 0. The van der Waals surface area contributed by atoms with E-state index in [9.17, 15) is 4.79 Å². The topological polar surface area (TPSA) is 46.5 Å². The van der Waals surface area contributed by atoms with Crippen LogP contribution in [0.4, 0.5) is 0 Å². The molecule has 0 saturated carbocycles. The van der Waals surface area contributed by atoms with E-state index in [2.05, 4.69) is 5.18 Å². The van der Waals surface area contributed by atoms with E-state index in [1.54, 1.807) is 12.0 Å². The molecule has 0 unspecified atom stereocenters. The molecule has 30 valence electrons. The van der Waals surface area contributed by atoms with E-state index < -0.39 is 0 Å². The highest BCUT2D eigenvalue weighted by molar-refractivity contribution is 5.72. The molecule has 0 atom stereocenters. The van der Waals surface area contributed by atoms with Crippen LogP contribution in [0.5, 0.6) is 0 Å². The minimum Gasteiger partial charge on any atom is -0.289 e. The van der Waals surface area contributed by atoms with E-state index in [-0.39, 0.29) is 0 Å². The third kappa shape index (κ3) is 2.83. The van der Waals surface area contributed by atoms with Crippen LogP contribution in [-0.4, -0.2) is 6.29 Å². The van der Waals surface area contributed by atoms with Crippen LogP contribution in [0, 0.1) is 16.9 Å². The van der Waals surface area contributed by atoms with Gasteiger partial charge in [-0.05, 0) is 5.92 Å². The molecule has 0 bridgehead atoms. The van der Waals surface area contributed by atoms with Gasteiger partial charge in [0.15, 0.2) is 6.29 Å². The van der Waals surface area contributed by atoms with Gasteiger partial charge in [-0.25, -0.2) is 0 Å². The maximum atomic E-state index is 9.19. The smallest absolute Gasteiger partial charge is 0.194 e. The van der Waals surface area contributed by atoms with Crippen molar-refractivity contribution in [3.8, 4) is 12.0 Å². The number of rotatable bonds is 0. The molecule has 0 N–H and O–H groups in total. The zero-order valence-corrected chi connectivity index (χ0v) is 2.84. The molecule has 0 aliphatic carbocycles. The van der Waals surface area contributed by atoms with Gasteiger partial charge in [0, 0.05) is 5.18 Å². The minimum atomic E-state index is 0.307. The third-order valence-electron chi connectivity index (χ3n) is 0.169. The Labute approximate surface area is 34.3 Å². The highest BCUT2D eigenvalue weighted by Crippen LogP contribution is 1.48. The second kappa shape index (κ2) is 3.83. The second-order valence-electron chi connectivity index (χ2n) is 0.465. The van der Waals surface area contributed by atoms with Gasteiger partial charge in [0.1, 0.15) is 0 Å². The molecule has 0 saturated heterocycles. The van der Waals surface area contributed by atoms with Crippen molar-refractivity contribution >= 4 is 6.29 Å². The Hall–Kier alpha value is -1.17. The lowest BCUT2D eigenvalue weighted by atomic mass is 10.8. The first-order chi connectivity index (χ1) is 2.91. The maximum absolute atomic E-state index is 9.19. The predicted octanol–water partition coefficient (Wildman–Crippen LogP) is -0.0874. The Morgan fingerprint density at radius 3 is 2.50 bits per heavy atom. The molecule has 0 aliphatic heterocycles. The van der Waals surface area contributed by atoms with Crippen LogP contribution in [0.1, 0.15) is 0 Å². The van der Waals surface area contributed by atoms with Crippen molar-refractivity contribution in [1.82, 2.24) is 0 Å². The Bertz CT molecular complexity index is 95.7. The highest BCUT2D eigenvalue weighted by Gasteiger charge is 1.52. The van der Waals surface area contributed by atoms with Crippen molar-refractivity contribution in [2.75, 3.05) is 0 Å². The molecule has 3 heteroatoms. The summed E-state index contributed by atoms with van der Waals surface area (Å²) >= 11 is 0. The summed E-state index contributed by atoms with van der Waals surface area (Å²) in [4.78, 5) is 18.2. The van der Waals surface area contributed by atoms with Gasteiger partial charge in [-0.2, -0.15) is 0 Å². The molecule has 6 heavy (non-hydrogen) atoms. The maximum Gasteiger partial charge on any atom is 0.194 e. The lowest BCUT2D eigenvalue weighted by Gasteiger charge is -1.43. The molecule has 0 spiro atoms. The number of nitrogens with zero attached hydrogens (tertiary/aromatic N) is 1. The SMILES string of the molecule is O=CC#CN=O. The van der Waals surface area contributed by atoms with E-state index >= 15 is 0 Å². The Balaban J connectivity index is 3.39. The number of aldehydes is 1. The first-order valence-electron chi connectivity index (χ1n) is 1.18. The summed E-state index contributed by atoms with van der Waals surface area (Å²) in [5.41, 5.74) is 0. The zero-order chi connectivity index (χ0) is 4.83. The second-order valence-corrected chi connectivity index (χ2v) is 0.465. The molecule has 0 aromatic carbocycles. The number of hydrogen-bond donors (Lipinski definition) is 0. The number of nitroso groups, excluding NO2 is 1. The van der Waals surface area contributed by atoms with E-state index in [0.29, 0.717) is 6.29 Å². The highest BCUT2D eigenvalue weighted by atomic mass is 16.2. The van der Waals surface area contributed by atoms with Crippen LogP contribution < -0.4 is 0 Å². The average Bonchev–Trinajstić information content (AvgIpc) is 1.61. The molecule has 0 aliphatic rings. The molecular weight excluding hydrogens is 82.0 g/mol. The molecule has 0 aromatic heterocycles. The molecule has 0 amide bonds. The Kier molecular flexibility index (Phi) is 3.08. The first kappa shape index (κ1) is 4.83. The zero-order valence-electron chi connectivity index (χ0n) is 2.84. The van der Waals surface area contributed by atoms with Crippen molar-refractivity contribution in [2.45, 2.75) is 0 Å². The summed E-state index contributed by atoms with van der Waals surface area (Å²) in [7, 11) is 0. The fourth-order valence-corrected chi connectivity index (χ4v) is 0.0527. The standard InChI is InChI=1S/C3HNO2/c5-3-1-2-4-6/h3H. The minimum absolute atomic E-state index is 0.307. The molecule has 0 aromatic rings. The summed E-state index contributed by atoms with van der Waals surface area (Å²) < 4.78 is 0. The summed E-state index contributed by atoms with van der Waals surface area (Å²) in [6.07, 6.45) is 0.307. The van der Waals surface area contributed by atoms with Gasteiger partial charge in [0.05, 0.1) is 6.04 Å². The largest absolute Gasteiger partial charge is 0.289 e. The van der Waals surface area contributed by atoms with Gasteiger partial charge in [0.2, 0.25) is 0 Å². The quantitative estimate of drug-likeness (QED) is 0.233. The van der Waals surface area contributed by atoms with E-state index in [4.69, 9.17) is 4.91 Å².